The molecule has 1 aromatic rings. The molecule has 0 amide bonds. The largest absolute Gasteiger partial charge is 0.494 e. The first kappa shape index (κ1) is 38.7. The van der Waals surface area contributed by atoms with Gasteiger partial charge in [0, 0.05) is 18.5 Å². The molecule has 0 atom stereocenters. The zero-order valence-electron chi connectivity index (χ0n) is 28.3. The van der Waals surface area contributed by atoms with Crippen LogP contribution in [-0.4, -0.2) is 25.5 Å². The summed E-state index contributed by atoms with van der Waals surface area (Å²) in [5, 5.41) is 3.47. The highest BCUT2D eigenvalue weighted by Crippen LogP contribution is 2.16. The van der Waals surface area contributed by atoms with Crippen LogP contribution in [0.1, 0.15) is 198 Å². The second kappa shape index (κ2) is 31.1. The minimum Gasteiger partial charge on any atom is -0.494 e. The van der Waals surface area contributed by atoms with E-state index in [0.717, 1.165) is 37.4 Å². The smallest absolute Gasteiger partial charge is 0.164 e. The minimum atomic E-state index is 0.218. The van der Waals surface area contributed by atoms with Crippen LogP contribution in [0.25, 0.3) is 0 Å². The standard InChI is InChI=1S/C39H71NO2/c1-3-5-7-9-11-13-15-16-17-18-19-20-21-23-25-27-34-40-35-33-39(41)37-29-31-38(32-30-37)42-36-28-26-24-22-14-12-10-8-6-4-2/h29-32,40H,3-28,33-36H2,1-2H3. The molecule has 0 aliphatic heterocycles. The van der Waals surface area contributed by atoms with E-state index in [0.29, 0.717) is 6.42 Å². The molecule has 42 heavy (non-hydrogen) atoms. The van der Waals surface area contributed by atoms with Crippen molar-refractivity contribution in [1.82, 2.24) is 5.32 Å². The van der Waals surface area contributed by atoms with Gasteiger partial charge in [-0.1, -0.05) is 168 Å². The summed E-state index contributed by atoms with van der Waals surface area (Å²) in [5.41, 5.74) is 0.797. The van der Waals surface area contributed by atoms with Crippen molar-refractivity contribution >= 4 is 5.78 Å². The van der Waals surface area contributed by atoms with Crippen LogP contribution in [0.4, 0.5) is 0 Å². The van der Waals surface area contributed by atoms with Gasteiger partial charge in [-0.3, -0.25) is 4.79 Å². The van der Waals surface area contributed by atoms with Crippen LogP contribution < -0.4 is 10.1 Å². The van der Waals surface area contributed by atoms with Gasteiger partial charge in [0.05, 0.1) is 6.61 Å². The van der Waals surface area contributed by atoms with Crippen LogP contribution in [0.15, 0.2) is 24.3 Å². The number of carbonyl (C=O) groups excluding carboxylic acids is 1. The summed E-state index contributed by atoms with van der Waals surface area (Å²) in [6.07, 6.45) is 36.3. The van der Waals surface area contributed by atoms with Gasteiger partial charge in [-0.15, -0.1) is 0 Å². The molecule has 0 aromatic heterocycles. The fraction of sp³-hybridized carbons (Fsp3) is 0.821. The van der Waals surface area contributed by atoms with Gasteiger partial charge in [0.25, 0.3) is 0 Å². The zero-order chi connectivity index (χ0) is 30.2. The molecule has 3 heteroatoms. The van der Waals surface area contributed by atoms with Crippen molar-refractivity contribution in [2.45, 2.75) is 187 Å². The number of ketones is 1. The fourth-order valence-corrected chi connectivity index (χ4v) is 5.79. The molecule has 0 saturated heterocycles. The molecule has 0 fully saturated rings. The third-order valence-corrected chi connectivity index (χ3v) is 8.68. The van der Waals surface area contributed by atoms with Gasteiger partial charge in [-0.05, 0) is 43.7 Å². The quantitative estimate of drug-likeness (QED) is 0.0658. The molecule has 0 aliphatic carbocycles. The predicted octanol–water partition coefficient (Wildman–Crippen LogP) is 12.4. The second-order valence-corrected chi connectivity index (χ2v) is 12.8. The topological polar surface area (TPSA) is 38.3 Å². The normalized spacial score (nSPS) is 11.3. The Bertz CT molecular complexity index is 686. The van der Waals surface area contributed by atoms with E-state index in [9.17, 15) is 4.79 Å². The van der Waals surface area contributed by atoms with E-state index < -0.39 is 0 Å². The number of benzene rings is 1. The molecule has 0 heterocycles. The summed E-state index contributed by atoms with van der Waals surface area (Å²) in [7, 11) is 0. The Labute approximate surface area is 262 Å². The maximum atomic E-state index is 12.5. The highest BCUT2D eigenvalue weighted by Gasteiger charge is 2.06. The van der Waals surface area contributed by atoms with Gasteiger partial charge in [-0.25, -0.2) is 0 Å². The van der Waals surface area contributed by atoms with Crippen LogP contribution in [0, 0.1) is 0 Å². The lowest BCUT2D eigenvalue weighted by atomic mass is 10.0. The average molecular weight is 586 g/mol. The number of unbranched alkanes of at least 4 members (excludes halogenated alkanes) is 24. The molecule has 244 valence electrons. The van der Waals surface area contributed by atoms with E-state index in [1.54, 1.807) is 0 Å². The van der Waals surface area contributed by atoms with Crippen molar-refractivity contribution < 1.29 is 9.53 Å². The summed E-state index contributed by atoms with van der Waals surface area (Å²) >= 11 is 0. The molecule has 0 aliphatic rings. The highest BCUT2D eigenvalue weighted by atomic mass is 16.5. The Balaban J connectivity index is 1.86. The van der Waals surface area contributed by atoms with E-state index in [2.05, 4.69) is 19.2 Å². The molecule has 0 radical (unpaired) electrons. The second-order valence-electron chi connectivity index (χ2n) is 12.8. The van der Waals surface area contributed by atoms with Gasteiger partial charge in [-0.2, -0.15) is 0 Å². The van der Waals surface area contributed by atoms with Crippen molar-refractivity contribution in [3.8, 4) is 5.75 Å². The number of rotatable bonds is 33. The molecule has 0 saturated carbocycles. The van der Waals surface area contributed by atoms with Crippen molar-refractivity contribution in [2.24, 2.45) is 0 Å². The number of hydrogen-bond donors (Lipinski definition) is 1. The Morgan fingerprint density at radius 1 is 0.500 bits per heavy atom. The van der Waals surface area contributed by atoms with Gasteiger partial charge >= 0.3 is 0 Å². The first-order valence-corrected chi connectivity index (χ1v) is 18.7. The van der Waals surface area contributed by atoms with Gasteiger partial charge in [0.1, 0.15) is 5.75 Å². The summed E-state index contributed by atoms with van der Waals surface area (Å²) in [6, 6.07) is 7.75. The van der Waals surface area contributed by atoms with E-state index in [4.69, 9.17) is 4.74 Å². The molecule has 1 aromatic carbocycles. The van der Waals surface area contributed by atoms with Crippen LogP contribution in [-0.2, 0) is 0 Å². The number of carbonyl (C=O) groups is 1. The first-order valence-electron chi connectivity index (χ1n) is 18.7. The number of ether oxygens (including phenoxy) is 1. The molecular formula is C39H71NO2. The highest BCUT2D eigenvalue weighted by molar-refractivity contribution is 5.96. The minimum absolute atomic E-state index is 0.218. The lowest BCUT2D eigenvalue weighted by Crippen LogP contribution is -2.19. The summed E-state index contributed by atoms with van der Waals surface area (Å²) in [4.78, 5) is 12.5. The van der Waals surface area contributed by atoms with Crippen LogP contribution >= 0.6 is 0 Å². The van der Waals surface area contributed by atoms with Crippen LogP contribution in [0.5, 0.6) is 5.75 Å². The molecule has 0 unspecified atom stereocenters. The Kier molecular flexibility index (Phi) is 28.6. The maximum Gasteiger partial charge on any atom is 0.164 e. The summed E-state index contributed by atoms with van der Waals surface area (Å²) < 4.78 is 5.89. The maximum absolute atomic E-state index is 12.5. The Hall–Kier alpha value is -1.35. The predicted molar refractivity (Wildman–Crippen MR) is 185 cm³/mol. The summed E-state index contributed by atoms with van der Waals surface area (Å²) in [5.74, 6) is 1.10. The van der Waals surface area contributed by atoms with Crippen molar-refractivity contribution in [3.63, 3.8) is 0 Å². The molecule has 0 bridgehead atoms. The zero-order valence-corrected chi connectivity index (χ0v) is 28.3. The number of nitrogens with one attached hydrogen (secondary N) is 1. The molecule has 1 rings (SSSR count). The van der Waals surface area contributed by atoms with Gasteiger partial charge < -0.3 is 10.1 Å². The lowest BCUT2D eigenvalue weighted by molar-refractivity contribution is 0.0982. The molecular weight excluding hydrogens is 514 g/mol. The van der Waals surface area contributed by atoms with E-state index >= 15 is 0 Å². The van der Waals surface area contributed by atoms with Crippen molar-refractivity contribution in [1.29, 1.82) is 0 Å². The average Bonchev–Trinajstić information content (AvgIpc) is 3.01. The Morgan fingerprint density at radius 2 is 0.881 bits per heavy atom. The van der Waals surface area contributed by atoms with E-state index in [1.807, 2.05) is 24.3 Å². The number of hydrogen-bond acceptors (Lipinski definition) is 3. The summed E-state index contributed by atoms with van der Waals surface area (Å²) in [6.45, 7) is 7.14. The third-order valence-electron chi connectivity index (χ3n) is 8.68. The van der Waals surface area contributed by atoms with Gasteiger partial charge in [0.2, 0.25) is 0 Å². The van der Waals surface area contributed by atoms with E-state index in [1.165, 1.54) is 161 Å². The molecule has 1 N–H and O–H groups in total. The Morgan fingerprint density at radius 3 is 1.31 bits per heavy atom. The molecule has 0 spiro atoms. The van der Waals surface area contributed by atoms with Crippen molar-refractivity contribution in [2.75, 3.05) is 19.7 Å². The third kappa shape index (κ3) is 25.2. The van der Waals surface area contributed by atoms with Crippen LogP contribution in [0.3, 0.4) is 0 Å². The van der Waals surface area contributed by atoms with Crippen LogP contribution in [0.2, 0.25) is 0 Å². The van der Waals surface area contributed by atoms with Crippen molar-refractivity contribution in [3.05, 3.63) is 29.8 Å². The SMILES string of the molecule is CCCCCCCCCCCCCCCCCCNCCC(=O)c1ccc(OCCCCCCCCCCCC)cc1. The monoisotopic (exact) mass is 586 g/mol. The lowest BCUT2D eigenvalue weighted by Gasteiger charge is -2.08. The number of Topliss-reactive ketones (excluding diaryl/α,β-unsaturated/α-hetero) is 1. The molecule has 3 nitrogen and oxygen atoms in total. The van der Waals surface area contributed by atoms with E-state index in [-0.39, 0.29) is 5.78 Å². The van der Waals surface area contributed by atoms with Gasteiger partial charge in [0.15, 0.2) is 5.78 Å². The fourth-order valence-electron chi connectivity index (χ4n) is 5.79. The first-order chi connectivity index (χ1) is 20.8.